The number of hydrogen-bond donors (Lipinski definition) is 1. The SMILES string of the molecule is C[C@@H](CC(=O)CCc1cccc2ccccc12)CC(=O)C[C@H](CC(=O)NC(C)(C)C)CC(=O)OC(C)(C)C. The van der Waals surface area contributed by atoms with Crippen LogP contribution in [0.4, 0.5) is 0 Å². The van der Waals surface area contributed by atoms with Crippen molar-refractivity contribution in [3.63, 3.8) is 0 Å². The normalized spacial score (nSPS) is 13.6. The topological polar surface area (TPSA) is 89.5 Å². The van der Waals surface area contributed by atoms with Gasteiger partial charge in [0.25, 0.3) is 0 Å². The second kappa shape index (κ2) is 13.7. The van der Waals surface area contributed by atoms with E-state index in [0.717, 1.165) is 16.3 Å². The molecule has 38 heavy (non-hydrogen) atoms. The van der Waals surface area contributed by atoms with Crippen LogP contribution in [0.15, 0.2) is 42.5 Å². The van der Waals surface area contributed by atoms with Crippen LogP contribution in [0.5, 0.6) is 0 Å². The van der Waals surface area contributed by atoms with Gasteiger partial charge in [-0.3, -0.25) is 19.2 Å². The fraction of sp³-hybridized carbons (Fsp3) is 0.562. The molecule has 0 unspecified atom stereocenters. The van der Waals surface area contributed by atoms with Crippen molar-refractivity contribution in [2.24, 2.45) is 11.8 Å². The second-order valence-electron chi connectivity index (χ2n) is 12.6. The van der Waals surface area contributed by atoms with Crippen molar-refractivity contribution in [1.29, 1.82) is 0 Å². The van der Waals surface area contributed by atoms with Crippen LogP contribution >= 0.6 is 0 Å². The number of aryl methyl sites for hydroxylation is 1. The third-order valence-corrected chi connectivity index (χ3v) is 6.09. The second-order valence-corrected chi connectivity index (χ2v) is 12.6. The van der Waals surface area contributed by atoms with Crippen LogP contribution < -0.4 is 5.32 Å². The van der Waals surface area contributed by atoms with Gasteiger partial charge in [-0.1, -0.05) is 49.4 Å². The fourth-order valence-electron chi connectivity index (χ4n) is 4.71. The number of ether oxygens (including phenoxy) is 1. The lowest BCUT2D eigenvalue weighted by atomic mass is 9.89. The quantitative estimate of drug-likeness (QED) is 0.308. The highest BCUT2D eigenvalue weighted by Crippen LogP contribution is 2.23. The molecule has 1 amide bonds. The Morgan fingerprint density at radius 3 is 2.08 bits per heavy atom. The predicted octanol–water partition coefficient (Wildman–Crippen LogP) is 6.37. The molecule has 0 aliphatic rings. The third kappa shape index (κ3) is 12.0. The summed E-state index contributed by atoms with van der Waals surface area (Å²) >= 11 is 0. The molecule has 0 spiro atoms. The zero-order valence-electron chi connectivity index (χ0n) is 24.2. The minimum Gasteiger partial charge on any atom is -0.460 e. The Labute approximate surface area is 227 Å². The smallest absolute Gasteiger partial charge is 0.306 e. The molecule has 0 bridgehead atoms. The van der Waals surface area contributed by atoms with Gasteiger partial charge in [-0.2, -0.15) is 0 Å². The van der Waals surface area contributed by atoms with Crippen LogP contribution in [0.1, 0.15) is 92.6 Å². The number of hydrogen-bond acceptors (Lipinski definition) is 5. The Bertz CT molecular complexity index is 1090. The van der Waals surface area contributed by atoms with Crippen molar-refractivity contribution in [3.05, 3.63) is 48.0 Å². The van der Waals surface area contributed by atoms with Gasteiger partial charge in [0.15, 0.2) is 0 Å². The Hall–Kier alpha value is -3.02. The van der Waals surface area contributed by atoms with Gasteiger partial charge in [0, 0.05) is 44.1 Å². The van der Waals surface area contributed by atoms with Gasteiger partial charge in [-0.25, -0.2) is 0 Å². The van der Waals surface area contributed by atoms with E-state index in [1.54, 1.807) is 20.8 Å². The van der Waals surface area contributed by atoms with Crippen LogP contribution in [0.2, 0.25) is 0 Å². The minimum atomic E-state index is -0.639. The molecule has 208 valence electrons. The Morgan fingerprint density at radius 1 is 0.789 bits per heavy atom. The zero-order valence-corrected chi connectivity index (χ0v) is 24.2. The van der Waals surface area contributed by atoms with E-state index >= 15 is 0 Å². The Balaban J connectivity index is 1.91. The van der Waals surface area contributed by atoms with E-state index in [4.69, 9.17) is 4.74 Å². The van der Waals surface area contributed by atoms with E-state index in [-0.39, 0.29) is 49.1 Å². The van der Waals surface area contributed by atoms with Gasteiger partial charge < -0.3 is 10.1 Å². The highest BCUT2D eigenvalue weighted by atomic mass is 16.6. The number of Topliss-reactive ketones (excluding diaryl/α,β-unsaturated/α-hetero) is 2. The number of nitrogens with one attached hydrogen (secondary N) is 1. The lowest BCUT2D eigenvalue weighted by Gasteiger charge is -2.24. The molecule has 0 heterocycles. The number of fused-ring (bicyclic) bond motifs is 1. The van der Waals surface area contributed by atoms with E-state index in [1.165, 1.54) is 0 Å². The first kappa shape index (κ1) is 31.2. The van der Waals surface area contributed by atoms with Crippen molar-refractivity contribution in [2.75, 3.05) is 0 Å². The summed E-state index contributed by atoms with van der Waals surface area (Å²) < 4.78 is 5.43. The van der Waals surface area contributed by atoms with Crippen LogP contribution in [0, 0.1) is 11.8 Å². The third-order valence-electron chi connectivity index (χ3n) is 6.09. The highest BCUT2D eigenvalue weighted by molar-refractivity contribution is 5.87. The summed E-state index contributed by atoms with van der Waals surface area (Å²) in [5.41, 5.74) is 0.109. The summed E-state index contributed by atoms with van der Waals surface area (Å²) in [5.74, 6) is -1.09. The number of esters is 1. The van der Waals surface area contributed by atoms with Gasteiger partial charge in [-0.15, -0.1) is 0 Å². The lowest BCUT2D eigenvalue weighted by Crippen LogP contribution is -2.41. The molecule has 2 aromatic rings. The van der Waals surface area contributed by atoms with Gasteiger partial charge >= 0.3 is 5.97 Å². The van der Waals surface area contributed by atoms with Crippen LogP contribution in [0.3, 0.4) is 0 Å². The molecule has 6 heteroatoms. The molecule has 0 saturated carbocycles. The van der Waals surface area contributed by atoms with E-state index in [0.29, 0.717) is 19.3 Å². The van der Waals surface area contributed by atoms with Gasteiger partial charge in [-0.05, 0) is 76.1 Å². The lowest BCUT2D eigenvalue weighted by molar-refractivity contribution is -0.156. The number of carbonyl (C=O) groups is 4. The molecular weight excluding hydrogens is 478 g/mol. The number of rotatable bonds is 13. The first-order valence-corrected chi connectivity index (χ1v) is 13.6. The molecule has 2 rings (SSSR count). The van der Waals surface area contributed by atoms with Crippen molar-refractivity contribution in [3.8, 4) is 0 Å². The average Bonchev–Trinajstić information content (AvgIpc) is 2.74. The number of ketones is 2. The summed E-state index contributed by atoms with van der Waals surface area (Å²) in [5, 5.41) is 5.23. The molecule has 6 nitrogen and oxygen atoms in total. The van der Waals surface area contributed by atoms with Crippen molar-refractivity contribution < 1.29 is 23.9 Å². The minimum absolute atomic E-state index is 0.00107. The van der Waals surface area contributed by atoms with Gasteiger partial charge in [0.2, 0.25) is 5.91 Å². The predicted molar refractivity (Wildman–Crippen MR) is 152 cm³/mol. The van der Waals surface area contributed by atoms with Gasteiger partial charge in [0.05, 0.1) is 0 Å². The monoisotopic (exact) mass is 523 g/mol. The Kier molecular flexibility index (Phi) is 11.2. The van der Waals surface area contributed by atoms with Crippen molar-refractivity contribution in [2.45, 2.75) is 105 Å². The van der Waals surface area contributed by atoms with E-state index in [9.17, 15) is 19.2 Å². The largest absolute Gasteiger partial charge is 0.460 e. The summed E-state index contributed by atoms with van der Waals surface area (Å²) in [7, 11) is 0. The molecule has 0 aliphatic heterocycles. The summed E-state index contributed by atoms with van der Waals surface area (Å²) in [6, 6.07) is 14.3. The maximum absolute atomic E-state index is 12.9. The van der Waals surface area contributed by atoms with Crippen molar-refractivity contribution >= 4 is 34.2 Å². The first-order valence-electron chi connectivity index (χ1n) is 13.6. The summed E-state index contributed by atoms with van der Waals surface area (Å²) in [6.07, 6.45) is 1.84. The average molecular weight is 524 g/mol. The Morgan fingerprint density at radius 2 is 1.42 bits per heavy atom. The van der Waals surface area contributed by atoms with Crippen LogP contribution in [0.25, 0.3) is 10.8 Å². The molecule has 0 radical (unpaired) electrons. The molecule has 2 atom stereocenters. The molecule has 0 aromatic heterocycles. The maximum Gasteiger partial charge on any atom is 0.306 e. The van der Waals surface area contributed by atoms with Crippen molar-refractivity contribution in [1.82, 2.24) is 5.32 Å². The van der Waals surface area contributed by atoms with E-state index in [2.05, 4.69) is 29.6 Å². The molecule has 0 saturated heterocycles. The molecule has 0 aliphatic carbocycles. The number of benzene rings is 2. The van der Waals surface area contributed by atoms with Crippen LogP contribution in [-0.4, -0.2) is 34.6 Å². The van der Waals surface area contributed by atoms with Crippen LogP contribution in [-0.2, 0) is 30.3 Å². The maximum atomic E-state index is 12.9. The summed E-state index contributed by atoms with van der Waals surface area (Å²) in [6.45, 7) is 12.9. The standard InChI is InChI=1S/C32H45NO5/c1-22(17-26(34)16-15-25-13-10-12-24-11-8-9-14-28(24)25)18-27(35)19-23(20-29(36)33-31(2,3)4)21-30(37)38-32(5,6)7/h8-14,22-23H,15-21H2,1-7H3,(H,33,36)/t22-,23+/m0/s1. The molecular formula is C32H45NO5. The zero-order chi connectivity index (χ0) is 28.5. The highest BCUT2D eigenvalue weighted by Gasteiger charge is 2.26. The van der Waals surface area contributed by atoms with Gasteiger partial charge in [0.1, 0.15) is 17.2 Å². The molecule has 1 N–H and O–H groups in total. The first-order chi connectivity index (χ1) is 17.6. The fourth-order valence-corrected chi connectivity index (χ4v) is 4.71. The number of carbonyl (C=O) groups excluding carboxylic acids is 4. The number of amides is 1. The molecule has 0 fully saturated rings. The van der Waals surface area contributed by atoms with E-state index < -0.39 is 23.0 Å². The van der Waals surface area contributed by atoms with E-state index in [1.807, 2.05) is 45.9 Å². The molecule has 2 aromatic carbocycles. The summed E-state index contributed by atoms with van der Waals surface area (Å²) in [4.78, 5) is 50.6.